The summed E-state index contributed by atoms with van der Waals surface area (Å²) < 4.78 is 0. The van der Waals surface area contributed by atoms with Crippen LogP contribution in [0.4, 0.5) is 0 Å². The molecule has 4 aromatic carbocycles. The van der Waals surface area contributed by atoms with Gasteiger partial charge >= 0.3 is 0 Å². The average Bonchev–Trinajstić information content (AvgIpc) is 3.38. The van der Waals surface area contributed by atoms with Crippen LogP contribution in [-0.2, 0) is 16.0 Å². The molecule has 1 heterocycles. The minimum absolute atomic E-state index is 0.0772. The van der Waals surface area contributed by atoms with Gasteiger partial charge in [-0.3, -0.25) is 14.4 Å². The number of carbonyl (C=O) groups excluding carboxylic acids is 3. The van der Waals surface area contributed by atoms with E-state index in [9.17, 15) is 14.4 Å². The number of nitrogens with zero attached hydrogens (tertiary/aromatic N) is 1. The number of Topliss-reactive ketones (excluding diaryl/α,β-unsaturated/α-hetero) is 1. The van der Waals surface area contributed by atoms with E-state index in [1.54, 1.807) is 4.90 Å². The molecule has 0 saturated carbocycles. The maximum Gasteiger partial charge on any atom is 0.243 e. The van der Waals surface area contributed by atoms with Crippen LogP contribution < -0.4 is 5.32 Å². The third kappa shape index (κ3) is 5.59. The van der Waals surface area contributed by atoms with Crippen LogP contribution in [-0.4, -0.2) is 35.1 Å². The smallest absolute Gasteiger partial charge is 0.243 e. The molecule has 0 aromatic heterocycles. The fourth-order valence-electron chi connectivity index (χ4n) is 5.91. The summed E-state index contributed by atoms with van der Waals surface area (Å²) in [7, 11) is 0. The summed E-state index contributed by atoms with van der Waals surface area (Å²) in [5, 5.41) is 3.05. The molecule has 2 amide bonds. The summed E-state index contributed by atoms with van der Waals surface area (Å²) in [4.78, 5) is 44.5. The third-order valence-electron chi connectivity index (χ3n) is 7.66. The van der Waals surface area contributed by atoms with Crippen LogP contribution in [0.1, 0.15) is 52.4 Å². The van der Waals surface area contributed by atoms with Gasteiger partial charge in [0.25, 0.3) is 0 Å². The van der Waals surface area contributed by atoms with Crippen molar-refractivity contribution in [3.05, 3.63) is 144 Å². The largest absolute Gasteiger partial charge is 0.354 e. The predicted octanol–water partition coefficient (Wildman–Crippen LogP) is 5.99. The lowest BCUT2D eigenvalue weighted by molar-refractivity contribution is -0.140. The summed E-state index contributed by atoms with van der Waals surface area (Å²) in [6.45, 7) is 2.49. The second-order valence-electron chi connectivity index (χ2n) is 10.2. The molecule has 1 saturated heterocycles. The van der Waals surface area contributed by atoms with Gasteiger partial charge in [-0.1, -0.05) is 128 Å². The van der Waals surface area contributed by atoms with Crippen molar-refractivity contribution in [1.82, 2.24) is 10.2 Å². The van der Waals surface area contributed by atoms with Crippen LogP contribution in [0, 0.1) is 5.92 Å². The normalized spacial score (nSPS) is 20.2. The molecule has 202 valence electrons. The molecule has 40 heavy (non-hydrogen) atoms. The highest BCUT2D eigenvalue weighted by Crippen LogP contribution is 2.51. The molecule has 5 heteroatoms. The molecule has 0 aliphatic carbocycles. The van der Waals surface area contributed by atoms with Gasteiger partial charge in [-0.05, 0) is 23.1 Å². The van der Waals surface area contributed by atoms with E-state index in [0.29, 0.717) is 12.1 Å². The second kappa shape index (κ2) is 12.6. The number of benzene rings is 4. The lowest BCUT2D eigenvalue weighted by atomic mass is 9.76. The van der Waals surface area contributed by atoms with Gasteiger partial charge in [-0.15, -0.1) is 0 Å². The van der Waals surface area contributed by atoms with Crippen molar-refractivity contribution in [2.75, 3.05) is 6.54 Å². The van der Waals surface area contributed by atoms with E-state index >= 15 is 0 Å². The van der Waals surface area contributed by atoms with Crippen LogP contribution in [0.15, 0.2) is 121 Å². The Bertz CT molecular complexity index is 1420. The van der Waals surface area contributed by atoms with Gasteiger partial charge in [0, 0.05) is 18.0 Å². The van der Waals surface area contributed by atoms with Crippen LogP contribution in [0.3, 0.4) is 0 Å². The number of likely N-dealkylation sites (tertiary alicyclic amines) is 1. The summed E-state index contributed by atoms with van der Waals surface area (Å²) in [6, 6.07) is 36.6. The fraction of sp³-hybridized carbons (Fsp3) is 0.229. The molecule has 5 rings (SSSR count). The number of rotatable bonds is 9. The van der Waals surface area contributed by atoms with Crippen molar-refractivity contribution in [2.45, 2.75) is 37.8 Å². The summed E-state index contributed by atoms with van der Waals surface area (Å²) in [5.74, 6) is -1.69. The zero-order valence-corrected chi connectivity index (χ0v) is 22.6. The number of carbonyl (C=O) groups is 3. The van der Waals surface area contributed by atoms with Crippen molar-refractivity contribution in [3.63, 3.8) is 0 Å². The Balaban J connectivity index is 1.72. The molecule has 0 spiro atoms. The molecule has 4 unspecified atom stereocenters. The Hall–Kier alpha value is -4.51. The van der Waals surface area contributed by atoms with Crippen molar-refractivity contribution < 1.29 is 14.4 Å². The molecule has 4 aromatic rings. The number of hydrogen-bond acceptors (Lipinski definition) is 3. The first kappa shape index (κ1) is 27.1. The van der Waals surface area contributed by atoms with E-state index in [0.717, 1.165) is 23.1 Å². The Morgan fingerprint density at radius 2 is 1.23 bits per heavy atom. The van der Waals surface area contributed by atoms with Gasteiger partial charge in [0.2, 0.25) is 11.8 Å². The Morgan fingerprint density at radius 3 is 1.80 bits per heavy atom. The zero-order valence-electron chi connectivity index (χ0n) is 22.6. The first-order valence-electron chi connectivity index (χ1n) is 13.9. The van der Waals surface area contributed by atoms with Crippen molar-refractivity contribution in [2.24, 2.45) is 5.92 Å². The number of ketones is 1. The molecule has 0 bridgehead atoms. The average molecular weight is 531 g/mol. The number of amides is 2. The van der Waals surface area contributed by atoms with Crippen LogP contribution in [0.5, 0.6) is 0 Å². The molecule has 1 fully saturated rings. The van der Waals surface area contributed by atoms with E-state index in [1.807, 2.05) is 128 Å². The van der Waals surface area contributed by atoms with E-state index in [2.05, 4.69) is 5.32 Å². The van der Waals surface area contributed by atoms with Gasteiger partial charge in [0.15, 0.2) is 5.78 Å². The van der Waals surface area contributed by atoms with Crippen molar-refractivity contribution in [3.8, 4) is 0 Å². The van der Waals surface area contributed by atoms with Gasteiger partial charge in [-0.2, -0.15) is 0 Å². The monoisotopic (exact) mass is 530 g/mol. The molecular weight excluding hydrogens is 496 g/mol. The third-order valence-corrected chi connectivity index (χ3v) is 7.66. The summed E-state index contributed by atoms with van der Waals surface area (Å²) in [5.41, 5.74) is 3.13. The predicted molar refractivity (Wildman–Crippen MR) is 157 cm³/mol. The minimum Gasteiger partial charge on any atom is -0.354 e. The maximum absolute atomic E-state index is 14.5. The van der Waals surface area contributed by atoms with Crippen molar-refractivity contribution >= 4 is 17.6 Å². The Kier molecular flexibility index (Phi) is 8.50. The van der Waals surface area contributed by atoms with Gasteiger partial charge < -0.3 is 10.2 Å². The van der Waals surface area contributed by atoms with Gasteiger partial charge in [0.1, 0.15) is 6.04 Å². The SMILES string of the molecule is CCCNC(=O)C1C(c2ccccc2)C(C(=O)c2ccccc2)C(c2ccccc2)N1C(=O)Cc1ccccc1. The molecule has 1 aliphatic heterocycles. The van der Waals surface area contributed by atoms with Crippen LogP contribution in [0.25, 0.3) is 0 Å². The van der Waals surface area contributed by atoms with Gasteiger partial charge in [0.05, 0.1) is 18.4 Å². The van der Waals surface area contributed by atoms with E-state index in [4.69, 9.17) is 0 Å². The quantitative estimate of drug-likeness (QED) is 0.270. The van der Waals surface area contributed by atoms with E-state index < -0.39 is 23.9 Å². The standard InChI is InChI=1S/C35H34N2O3/c1-2-23-36-35(40)33-30(26-17-9-4-10-18-26)31(34(39)28-21-13-6-14-22-28)32(27-19-11-5-12-20-27)37(33)29(38)24-25-15-7-3-8-16-25/h3-22,30-33H,2,23-24H2,1H3,(H,36,40). The summed E-state index contributed by atoms with van der Waals surface area (Å²) >= 11 is 0. The Morgan fingerprint density at radius 1 is 0.700 bits per heavy atom. The molecule has 4 atom stereocenters. The van der Waals surface area contributed by atoms with Crippen LogP contribution >= 0.6 is 0 Å². The molecule has 0 radical (unpaired) electrons. The number of nitrogens with one attached hydrogen (secondary N) is 1. The second-order valence-corrected chi connectivity index (χ2v) is 10.2. The minimum atomic E-state index is -0.854. The molecule has 1 aliphatic rings. The Labute approximate surface area is 235 Å². The highest BCUT2D eigenvalue weighted by molar-refractivity contribution is 6.02. The van der Waals surface area contributed by atoms with E-state index in [-0.39, 0.29) is 24.0 Å². The lowest BCUT2D eigenvalue weighted by Crippen LogP contribution is -2.49. The molecule has 5 nitrogen and oxygen atoms in total. The maximum atomic E-state index is 14.5. The fourth-order valence-corrected chi connectivity index (χ4v) is 5.91. The molecular formula is C35H34N2O3. The van der Waals surface area contributed by atoms with E-state index in [1.165, 1.54) is 0 Å². The lowest BCUT2D eigenvalue weighted by Gasteiger charge is -2.32. The first-order chi connectivity index (χ1) is 19.6. The highest BCUT2D eigenvalue weighted by Gasteiger charge is 2.57. The van der Waals surface area contributed by atoms with Crippen molar-refractivity contribution in [1.29, 1.82) is 0 Å². The van der Waals surface area contributed by atoms with Gasteiger partial charge in [-0.25, -0.2) is 0 Å². The number of hydrogen-bond donors (Lipinski definition) is 1. The zero-order chi connectivity index (χ0) is 27.9. The first-order valence-corrected chi connectivity index (χ1v) is 13.9. The van der Waals surface area contributed by atoms with Crippen LogP contribution in [0.2, 0.25) is 0 Å². The highest BCUT2D eigenvalue weighted by atomic mass is 16.2. The topological polar surface area (TPSA) is 66.5 Å². The summed E-state index contributed by atoms with van der Waals surface area (Å²) in [6.07, 6.45) is 0.899. The molecule has 1 N–H and O–H groups in total.